The number of rotatable bonds is 9. The molecule has 2 atom stereocenters. The monoisotopic (exact) mass is 459 g/mol. The van der Waals surface area contributed by atoms with Crippen molar-refractivity contribution in [2.75, 3.05) is 22.5 Å². The summed E-state index contributed by atoms with van der Waals surface area (Å²) >= 11 is 2.16. The van der Waals surface area contributed by atoms with Crippen molar-refractivity contribution in [1.82, 2.24) is 0 Å². The summed E-state index contributed by atoms with van der Waals surface area (Å²) in [4.78, 5) is 14.7. The molecule has 0 radical (unpaired) electrons. The van der Waals surface area contributed by atoms with Crippen LogP contribution < -0.4 is 4.90 Å². The molecule has 0 spiro atoms. The van der Waals surface area contributed by atoms with E-state index in [2.05, 4.69) is 61.6 Å². The maximum absolute atomic E-state index is 12.8. The zero-order valence-corrected chi connectivity index (χ0v) is 17.8. The van der Waals surface area contributed by atoms with E-state index in [-0.39, 0.29) is 18.3 Å². The van der Waals surface area contributed by atoms with Crippen molar-refractivity contribution in [3.63, 3.8) is 0 Å². The molecule has 1 aromatic rings. The number of carbonyl (C=O) groups is 1. The predicted molar refractivity (Wildman–Crippen MR) is 111 cm³/mol. The Balaban J connectivity index is 2.34. The van der Waals surface area contributed by atoms with E-state index < -0.39 is 0 Å². The van der Waals surface area contributed by atoms with Crippen LogP contribution in [0, 0.1) is 0 Å². The first-order valence-electron chi connectivity index (χ1n) is 9.38. The number of nitrogens with zero attached hydrogens (tertiary/aromatic N) is 1. The first-order valence-corrected chi connectivity index (χ1v) is 10.9. The highest BCUT2D eigenvalue weighted by Gasteiger charge is 2.30. The average Bonchev–Trinajstić information content (AvgIpc) is 3.08. The summed E-state index contributed by atoms with van der Waals surface area (Å²) in [5.74, 6) is 0.144. The highest BCUT2D eigenvalue weighted by atomic mass is 127. The van der Waals surface area contributed by atoms with Crippen LogP contribution >= 0.6 is 22.6 Å². The van der Waals surface area contributed by atoms with Gasteiger partial charge in [0.05, 0.1) is 23.3 Å². The molecule has 1 aromatic carbocycles. The molecule has 1 heterocycles. The molecule has 1 aliphatic rings. The quantitative estimate of drug-likeness (QED) is 0.403. The molecule has 2 unspecified atom stereocenters. The highest BCUT2D eigenvalue weighted by Crippen LogP contribution is 2.30. The third-order valence-corrected chi connectivity index (χ3v) is 5.11. The number of alkyl halides is 1. The summed E-state index contributed by atoms with van der Waals surface area (Å²) in [6.07, 6.45) is 4.74. The fourth-order valence-electron chi connectivity index (χ4n) is 3.34. The van der Waals surface area contributed by atoms with E-state index in [1.165, 1.54) is 11.1 Å². The first kappa shape index (κ1) is 20.6. The number of para-hydroxylation sites is 1. The van der Waals surface area contributed by atoms with E-state index in [0.29, 0.717) is 17.6 Å². The Hall–Kier alpha value is -0.660. The second kappa shape index (κ2) is 10.5. The number of hydrogen-bond acceptors (Lipinski definition) is 3. The van der Waals surface area contributed by atoms with Gasteiger partial charge in [0.1, 0.15) is 6.10 Å². The van der Waals surface area contributed by atoms with Crippen LogP contribution in [0.5, 0.6) is 0 Å². The normalized spacial score (nSPS) is 20.0. The molecule has 0 saturated carbocycles. The van der Waals surface area contributed by atoms with Crippen molar-refractivity contribution in [1.29, 1.82) is 0 Å². The van der Waals surface area contributed by atoms with Crippen LogP contribution in [0.2, 0.25) is 0 Å². The van der Waals surface area contributed by atoms with Crippen LogP contribution in [0.3, 0.4) is 0 Å². The van der Waals surface area contributed by atoms with Gasteiger partial charge in [0, 0.05) is 0 Å². The fraction of sp³-hybridized carbons (Fsp3) is 0.650. The minimum Gasteiger partial charge on any atom is -0.350 e. The topological polar surface area (TPSA) is 38.8 Å². The third-order valence-electron chi connectivity index (χ3n) is 4.46. The number of amides is 1. The summed E-state index contributed by atoms with van der Waals surface area (Å²) < 4.78 is 12.1. The minimum atomic E-state index is -0.137. The molecule has 140 valence electrons. The number of hydrogen-bond donors (Lipinski definition) is 0. The number of carbonyl (C=O) groups excluding carboxylic acids is 1. The Morgan fingerprint density at radius 3 is 2.32 bits per heavy atom. The molecule has 25 heavy (non-hydrogen) atoms. The largest absolute Gasteiger partial charge is 0.350 e. The van der Waals surface area contributed by atoms with Crippen molar-refractivity contribution in [2.45, 2.75) is 65.3 Å². The summed E-state index contributed by atoms with van der Waals surface area (Å²) in [5, 5.41) is 0. The number of ether oxygens (including phenoxy) is 2. The maximum Gasteiger partial charge on any atom is 0.236 e. The van der Waals surface area contributed by atoms with Gasteiger partial charge < -0.3 is 14.4 Å². The Bertz CT molecular complexity index is 540. The molecular weight excluding hydrogens is 429 g/mol. The smallest absolute Gasteiger partial charge is 0.236 e. The molecule has 4 nitrogen and oxygen atoms in total. The van der Waals surface area contributed by atoms with Gasteiger partial charge >= 0.3 is 0 Å². The van der Waals surface area contributed by atoms with E-state index in [9.17, 15) is 4.79 Å². The molecule has 0 N–H and O–H groups in total. The lowest BCUT2D eigenvalue weighted by Gasteiger charge is -2.29. The van der Waals surface area contributed by atoms with Gasteiger partial charge in [0.25, 0.3) is 0 Å². The average molecular weight is 459 g/mol. The van der Waals surface area contributed by atoms with Crippen molar-refractivity contribution in [2.24, 2.45) is 0 Å². The van der Waals surface area contributed by atoms with E-state index >= 15 is 0 Å². The van der Waals surface area contributed by atoms with Gasteiger partial charge in [-0.1, -0.05) is 74.4 Å². The van der Waals surface area contributed by atoms with Crippen LogP contribution in [0.1, 0.15) is 51.2 Å². The second-order valence-electron chi connectivity index (χ2n) is 6.49. The maximum atomic E-state index is 12.8. The van der Waals surface area contributed by atoms with Gasteiger partial charge in [-0.25, -0.2) is 0 Å². The van der Waals surface area contributed by atoms with E-state index in [4.69, 9.17) is 9.47 Å². The molecule has 5 heteroatoms. The number of aryl methyl sites for hydroxylation is 2. The molecule has 0 aliphatic carbocycles. The van der Waals surface area contributed by atoms with E-state index in [1.807, 2.05) is 4.90 Å². The lowest BCUT2D eigenvalue weighted by molar-refractivity contribution is -0.116. The van der Waals surface area contributed by atoms with Crippen molar-refractivity contribution in [3.05, 3.63) is 29.3 Å². The van der Waals surface area contributed by atoms with E-state index in [0.717, 1.165) is 37.8 Å². The fourth-order valence-corrected chi connectivity index (χ4v) is 3.76. The molecule has 0 aromatic heterocycles. The Morgan fingerprint density at radius 1 is 1.20 bits per heavy atom. The van der Waals surface area contributed by atoms with Gasteiger partial charge in [-0.3, -0.25) is 4.79 Å². The summed E-state index contributed by atoms with van der Waals surface area (Å²) in [5.41, 5.74) is 3.63. The van der Waals surface area contributed by atoms with Gasteiger partial charge in [-0.2, -0.15) is 0 Å². The molecule has 1 saturated heterocycles. The highest BCUT2D eigenvalue weighted by molar-refractivity contribution is 14.1. The first-order chi connectivity index (χ1) is 12.1. The van der Waals surface area contributed by atoms with Crippen molar-refractivity contribution < 1.29 is 14.3 Å². The second-order valence-corrected chi connectivity index (χ2v) is 7.25. The Kier molecular flexibility index (Phi) is 8.66. The van der Waals surface area contributed by atoms with Crippen LogP contribution in [0.15, 0.2) is 18.2 Å². The van der Waals surface area contributed by atoms with Crippen molar-refractivity contribution >= 4 is 34.2 Å². The van der Waals surface area contributed by atoms with Gasteiger partial charge in [-0.15, -0.1) is 0 Å². The lowest BCUT2D eigenvalue weighted by Crippen LogP contribution is -2.40. The van der Waals surface area contributed by atoms with Crippen LogP contribution in [0.25, 0.3) is 0 Å². The number of halogens is 1. The number of benzene rings is 1. The van der Waals surface area contributed by atoms with Crippen molar-refractivity contribution in [3.8, 4) is 0 Å². The summed E-state index contributed by atoms with van der Waals surface area (Å²) in [6, 6.07) is 6.44. The van der Waals surface area contributed by atoms with E-state index in [1.54, 1.807) is 0 Å². The third kappa shape index (κ3) is 5.41. The SMILES string of the molecule is CCCc1cccc(CCC)c1N(CC1COC(CC)O1)C(=O)CI. The van der Waals surface area contributed by atoms with Crippen LogP contribution in [-0.2, 0) is 27.1 Å². The van der Waals surface area contributed by atoms with Gasteiger partial charge in [0.15, 0.2) is 6.29 Å². The standard InChI is InChI=1S/C20H30INO3/c1-4-8-15-10-7-11-16(9-5-2)20(15)22(18(23)12-21)13-17-14-24-19(6-3)25-17/h7,10-11,17,19H,4-6,8-9,12-14H2,1-3H3. The van der Waals surface area contributed by atoms with Gasteiger partial charge in [0.2, 0.25) is 5.91 Å². The van der Waals surface area contributed by atoms with Crippen LogP contribution in [0.4, 0.5) is 5.69 Å². The Morgan fingerprint density at radius 2 is 1.84 bits per heavy atom. The molecular formula is C20H30INO3. The lowest BCUT2D eigenvalue weighted by atomic mass is 9.98. The zero-order valence-electron chi connectivity index (χ0n) is 15.6. The minimum absolute atomic E-state index is 0.0546. The number of anilines is 1. The van der Waals surface area contributed by atoms with Gasteiger partial charge in [-0.05, 0) is 30.4 Å². The molecule has 1 aliphatic heterocycles. The predicted octanol–water partition coefficient (Wildman–Crippen LogP) is 4.51. The zero-order chi connectivity index (χ0) is 18.2. The molecule has 0 bridgehead atoms. The Labute approximate surface area is 165 Å². The summed E-state index contributed by atoms with van der Waals surface area (Å²) in [6.45, 7) is 7.54. The molecule has 2 rings (SSSR count). The molecule has 1 amide bonds. The molecule has 1 fully saturated rings. The van der Waals surface area contributed by atoms with Crippen LogP contribution in [-0.4, -0.2) is 35.9 Å². The summed E-state index contributed by atoms with van der Waals surface area (Å²) in [7, 11) is 0.